The second-order valence-electron chi connectivity index (χ2n) is 4.49. The van der Waals surface area contributed by atoms with Crippen LogP contribution in [-0.4, -0.2) is 52.6 Å². The number of carboxylic acids is 1. The third kappa shape index (κ3) is 4.08. The van der Waals surface area contributed by atoms with Crippen molar-refractivity contribution < 1.29 is 14.7 Å². The zero-order valence-electron chi connectivity index (χ0n) is 11.0. The molecule has 1 atom stereocenters. The Kier molecular flexibility index (Phi) is 6.32. The Morgan fingerprint density at radius 3 is 2.67 bits per heavy atom. The quantitative estimate of drug-likeness (QED) is 0.799. The van der Waals surface area contributed by atoms with E-state index in [1.54, 1.807) is 11.8 Å². The number of urea groups is 1. The first-order chi connectivity index (χ1) is 8.60. The normalized spacial score (nSPS) is 19.9. The molecule has 2 amide bonds. The third-order valence-electron chi connectivity index (χ3n) is 3.37. The number of hydrogen-bond donors (Lipinski definition) is 2. The lowest BCUT2D eigenvalue weighted by atomic mass is 10.0. The maximum Gasteiger partial charge on any atom is 0.327 e. The Balaban J connectivity index is 2.50. The number of rotatable bonds is 5. The van der Waals surface area contributed by atoms with Crippen LogP contribution >= 0.6 is 11.8 Å². The molecule has 1 aliphatic heterocycles. The first-order valence-electron chi connectivity index (χ1n) is 6.45. The van der Waals surface area contributed by atoms with Crippen LogP contribution in [0.3, 0.4) is 0 Å². The van der Waals surface area contributed by atoms with Gasteiger partial charge in [0.25, 0.3) is 0 Å². The molecule has 0 aliphatic carbocycles. The van der Waals surface area contributed by atoms with E-state index in [2.05, 4.69) is 19.2 Å². The smallest absolute Gasteiger partial charge is 0.327 e. The van der Waals surface area contributed by atoms with E-state index in [9.17, 15) is 9.59 Å². The van der Waals surface area contributed by atoms with Gasteiger partial charge in [0.2, 0.25) is 0 Å². The van der Waals surface area contributed by atoms with Crippen LogP contribution in [0.2, 0.25) is 0 Å². The Morgan fingerprint density at radius 2 is 2.11 bits per heavy atom. The number of carbonyl (C=O) groups is 2. The summed E-state index contributed by atoms with van der Waals surface area (Å²) in [5, 5.41) is 11.9. The number of hydrogen-bond acceptors (Lipinski definition) is 3. The SMILES string of the molecule is CCC(CC)CNC(=O)N1CCSCC1C(=O)O. The Morgan fingerprint density at radius 1 is 1.44 bits per heavy atom. The van der Waals surface area contributed by atoms with Crippen molar-refractivity contribution in [2.75, 3.05) is 24.6 Å². The van der Waals surface area contributed by atoms with E-state index in [1.165, 1.54) is 4.90 Å². The molecule has 0 saturated carbocycles. The average Bonchev–Trinajstić information content (AvgIpc) is 2.39. The van der Waals surface area contributed by atoms with E-state index < -0.39 is 12.0 Å². The molecule has 18 heavy (non-hydrogen) atoms. The molecule has 1 rings (SSSR count). The second-order valence-corrected chi connectivity index (χ2v) is 5.64. The van der Waals surface area contributed by atoms with Crippen LogP contribution in [0.4, 0.5) is 4.79 Å². The fourth-order valence-corrected chi connectivity index (χ4v) is 3.00. The molecule has 5 nitrogen and oxygen atoms in total. The zero-order valence-corrected chi connectivity index (χ0v) is 11.8. The summed E-state index contributed by atoms with van der Waals surface area (Å²) in [6.45, 7) is 5.33. The first kappa shape index (κ1) is 15.1. The van der Waals surface area contributed by atoms with Crippen molar-refractivity contribution in [1.82, 2.24) is 10.2 Å². The van der Waals surface area contributed by atoms with Crippen LogP contribution in [0.25, 0.3) is 0 Å². The van der Waals surface area contributed by atoms with Gasteiger partial charge in [-0.15, -0.1) is 0 Å². The third-order valence-corrected chi connectivity index (χ3v) is 4.39. The Labute approximate surface area is 112 Å². The number of aliphatic carboxylic acids is 1. The van der Waals surface area contributed by atoms with Gasteiger partial charge in [0.1, 0.15) is 6.04 Å². The summed E-state index contributed by atoms with van der Waals surface area (Å²) in [5.74, 6) is 0.840. The molecule has 1 fully saturated rings. The lowest BCUT2D eigenvalue weighted by Crippen LogP contribution is -2.54. The molecule has 0 spiro atoms. The van der Waals surface area contributed by atoms with Gasteiger partial charge in [-0.05, 0) is 5.92 Å². The van der Waals surface area contributed by atoms with Gasteiger partial charge in [0, 0.05) is 24.6 Å². The fraction of sp³-hybridized carbons (Fsp3) is 0.833. The molecule has 104 valence electrons. The molecule has 6 heteroatoms. The number of nitrogens with one attached hydrogen (secondary N) is 1. The van der Waals surface area contributed by atoms with Crippen LogP contribution in [0.5, 0.6) is 0 Å². The highest BCUT2D eigenvalue weighted by Gasteiger charge is 2.32. The number of amides is 2. The molecule has 0 aromatic rings. The molecule has 0 bridgehead atoms. The van der Waals surface area contributed by atoms with Crippen LogP contribution in [0, 0.1) is 5.92 Å². The van der Waals surface area contributed by atoms with Crippen molar-refractivity contribution in [2.45, 2.75) is 32.7 Å². The molecule has 1 saturated heterocycles. The summed E-state index contributed by atoms with van der Waals surface area (Å²) < 4.78 is 0. The van der Waals surface area contributed by atoms with Crippen LogP contribution in [-0.2, 0) is 4.79 Å². The largest absolute Gasteiger partial charge is 0.480 e. The summed E-state index contributed by atoms with van der Waals surface area (Å²) in [6.07, 6.45) is 2.05. The fourth-order valence-electron chi connectivity index (χ4n) is 1.96. The maximum absolute atomic E-state index is 12.0. The van der Waals surface area contributed by atoms with E-state index in [4.69, 9.17) is 5.11 Å². The summed E-state index contributed by atoms with van der Waals surface area (Å²) in [7, 11) is 0. The molecule has 0 radical (unpaired) electrons. The van der Waals surface area contributed by atoms with E-state index >= 15 is 0 Å². The first-order valence-corrected chi connectivity index (χ1v) is 7.60. The van der Waals surface area contributed by atoms with E-state index in [1.807, 2.05) is 0 Å². The predicted molar refractivity (Wildman–Crippen MR) is 72.9 cm³/mol. The summed E-state index contributed by atoms with van der Waals surface area (Å²) in [4.78, 5) is 24.5. The number of carboxylic acid groups (broad SMARTS) is 1. The molecule has 2 N–H and O–H groups in total. The highest BCUT2D eigenvalue weighted by molar-refractivity contribution is 7.99. The Bertz CT molecular complexity index is 295. The van der Waals surface area contributed by atoms with E-state index in [0.717, 1.165) is 18.6 Å². The number of carbonyl (C=O) groups excluding carboxylic acids is 1. The molecule has 0 aromatic carbocycles. The molecular formula is C12H22N2O3S. The zero-order chi connectivity index (χ0) is 13.5. The molecule has 0 aromatic heterocycles. The van der Waals surface area contributed by atoms with Crippen molar-refractivity contribution in [2.24, 2.45) is 5.92 Å². The lowest BCUT2D eigenvalue weighted by molar-refractivity contribution is -0.141. The molecule has 1 heterocycles. The van der Waals surface area contributed by atoms with Gasteiger partial charge in [-0.2, -0.15) is 11.8 Å². The number of thioether (sulfide) groups is 1. The summed E-state index contributed by atoms with van der Waals surface area (Å²) >= 11 is 1.58. The molecular weight excluding hydrogens is 252 g/mol. The van der Waals surface area contributed by atoms with E-state index in [-0.39, 0.29) is 6.03 Å². The van der Waals surface area contributed by atoms with Gasteiger partial charge in [0.15, 0.2) is 0 Å². The Hall–Kier alpha value is -0.910. The average molecular weight is 274 g/mol. The highest BCUT2D eigenvalue weighted by Crippen LogP contribution is 2.17. The lowest BCUT2D eigenvalue weighted by Gasteiger charge is -2.33. The second kappa shape index (κ2) is 7.51. The maximum atomic E-state index is 12.0. The number of nitrogens with zero attached hydrogens (tertiary/aromatic N) is 1. The topological polar surface area (TPSA) is 69.6 Å². The van der Waals surface area contributed by atoms with E-state index in [0.29, 0.717) is 24.8 Å². The molecule has 1 unspecified atom stereocenters. The minimum absolute atomic E-state index is 0.241. The van der Waals surface area contributed by atoms with Gasteiger partial charge in [-0.1, -0.05) is 26.7 Å². The minimum atomic E-state index is -0.917. The van der Waals surface area contributed by atoms with Crippen molar-refractivity contribution in [3.8, 4) is 0 Å². The minimum Gasteiger partial charge on any atom is -0.480 e. The summed E-state index contributed by atoms with van der Waals surface area (Å²) in [6, 6.07) is -0.931. The van der Waals surface area contributed by atoms with Crippen molar-refractivity contribution in [1.29, 1.82) is 0 Å². The van der Waals surface area contributed by atoms with Gasteiger partial charge in [-0.25, -0.2) is 9.59 Å². The van der Waals surface area contributed by atoms with Gasteiger partial charge in [0.05, 0.1) is 0 Å². The van der Waals surface area contributed by atoms with Gasteiger partial charge >= 0.3 is 12.0 Å². The standard InChI is InChI=1S/C12H22N2O3S/c1-3-9(4-2)7-13-12(17)14-5-6-18-8-10(14)11(15)16/h9-10H,3-8H2,1-2H3,(H,13,17)(H,15,16). The highest BCUT2D eigenvalue weighted by atomic mass is 32.2. The molecule has 1 aliphatic rings. The van der Waals surface area contributed by atoms with Crippen LogP contribution in [0.15, 0.2) is 0 Å². The van der Waals surface area contributed by atoms with Crippen molar-refractivity contribution >= 4 is 23.8 Å². The predicted octanol–water partition coefficient (Wildman–Crippen LogP) is 1.63. The summed E-state index contributed by atoms with van der Waals surface area (Å²) in [5.41, 5.74) is 0. The van der Waals surface area contributed by atoms with Gasteiger partial charge in [-0.3, -0.25) is 0 Å². The monoisotopic (exact) mass is 274 g/mol. The van der Waals surface area contributed by atoms with Crippen molar-refractivity contribution in [3.63, 3.8) is 0 Å². The van der Waals surface area contributed by atoms with Gasteiger partial charge < -0.3 is 15.3 Å². The van der Waals surface area contributed by atoms with Crippen LogP contribution < -0.4 is 5.32 Å². The van der Waals surface area contributed by atoms with Crippen LogP contribution in [0.1, 0.15) is 26.7 Å². The van der Waals surface area contributed by atoms with Crippen molar-refractivity contribution in [3.05, 3.63) is 0 Å².